The molecule has 8 nitrogen and oxygen atoms in total. The molecule has 0 radical (unpaired) electrons. The third kappa shape index (κ3) is 6.22. The van der Waals surface area contributed by atoms with E-state index in [1.807, 2.05) is 63.2 Å². The van der Waals surface area contributed by atoms with Gasteiger partial charge in [0.05, 0.1) is 24.8 Å². The molecule has 4 rings (SSSR count). The second-order valence-electron chi connectivity index (χ2n) is 10.4. The van der Waals surface area contributed by atoms with E-state index in [1.165, 1.54) is 0 Å². The molecule has 2 aliphatic rings. The number of ether oxygens (including phenoxy) is 3. The van der Waals surface area contributed by atoms with Crippen molar-refractivity contribution in [1.29, 1.82) is 0 Å². The number of amides is 1. The Bertz CT molecular complexity index is 1240. The normalized spacial score (nSPS) is 19.9. The summed E-state index contributed by atoms with van der Waals surface area (Å²) in [6.45, 7) is 7.94. The number of carbonyl (C=O) groups is 2. The van der Waals surface area contributed by atoms with Crippen LogP contribution in [0, 0.1) is 0 Å². The van der Waals surface area contributed by atoms with Crippen LogP contribution in [0.4, 0.5) is 0 Å². The lowest BCUT2D eigenvalue weighted by Gasteiger charge is -2.27. The van der Waals surface area contributed by atoms with Crippen molar-refractivity contribution in [2.24, 2.45) is 0 Å². The molecule has 1 fully saturated rings. The number of benzene rings is 2. The maximum Gasteiger partial charge on any atom is 0.295 e. The van der Waals surface area contributed by atoms with Gasteiger partial charge in [0.15, 0.2) is 11.5 Å². The number of likely N-dealkylation sites (tertiary alicyclic amines) is 1. The molecule has 0 spiro atoms. The van der Waals surface area contributed by atoms with E-state index in [4.69, 9.17) is 14.2 Å². The average molecular weight is 537 g/mol. The van der Waals surface area contributed by atoms with Crippen molar-refractivity contribution in [3.05, 3.63) is 58.7 Å². The topological polar surface area (TPSA) is 88.5 Å². The van der Waals surface area contributed by atoms with Crippen LogP contribution < -0.4 is 14.2 Å². The Balaban J connectivity index is 1.77. The number of nitrogens with zero attached hydrogens (tertiary/aromatic N) is 2. The Morgan fingerprint density at radius 3 is 2.59 bits per heavy atom. The van der Waals surface area contributed by atoms with E-state index in [1.54, 1.807) is 11.0 Å². The molecule has 2 aromatic rings. The lowest BCUT2D eigenvalue weighted by molar-refractivity contribution is -0.140. The first-order valence-corrected chi connectivity index (χ1v) is 13.9. The van der Waals surface area contributed by atoms with Gasteiger partial charge in [0.2, 0.25) is 0 Å². The van der Waals surface area contributed by atoms with Gasteiger partial charge < -0.3 is 29.1 Å². The maximum absolute atomic E-state index is 13.4. The second kappa shape index (κ2) is 12.6. The van der Waals surface area contributed by atoms with E-state index >= 15 is 0 Å². The van der Waals surface area contributed by atoms with Gasteiger partial charge in [-0.05, 0) is 75.8 Å². The monoisotopic (exact) mass is 536 g/mol. The number of likely N-dealkylation sites (N-methyl/N-ethyl adjacent to an activating group) is 1. The molecule has 0 aromatic heterocycles. The fourth-order valence-electron chi connectivity index (χ4n) is 5.11. The number of rotatable bonds is 12. The van der Waals surface area contributed by atoms with Gasteiger partial charge in [-0.2, -0.15) is 0 Å². The number of fused-ring (bicyclic) bond motifs is 1. The van der Waals surface area contributed by atoms with Gasteiger partial charge in [0, 0.05) is 25.1 Å². The number of ketones is 1. The summed E-state index contributed by atoms with van der Waals surface area (Å²) in [5, 5.41) is 11.5. The van der Waals surface area contributed by atoms with Crippen molar-refractivity contribution in [2.45, 2.75) is 58.6 Å². The number of carbonyl (C=O) groups excluding carboxylic acids is 2. The summed E-state index contributed by atoms with van der Waals surface area (Å²) in [7, 11) is 3.83. The maximum atomic E-state index is 13.4. The first-order chi connectivity index (χ1) is 18.7. The minimum absolute atomic E-state index is 0.0497. The van der Waals surface area contributed by atoms with Crippen LogP contribution in [0.15, 0.2) is 42.0 Å². The van der Waals surface area contributed by atoms with Crippen LogP contribution in [0.5, 0.6) is 17.2 Å². The lowest BCUT2D eigenvalue weighted by atomic mass is 9.94. The molecule has 1 saturated heterocycles. The zero-order valence-electron chi connectivity index (χ0n) is 23.7. The molecule has 39 heavy (non-hydrogen) atoms. The first kappa shape index (κ1) is 28.5. The SMILES string of the molecule is CCCCCOc1ccc([C@@H]2C(=C(O)c3ccc4c(c3)C[C@@H](C)O4)C(=O)C(=O)N2CCN(C)C)cc1OCC. The molecular formula is C31H40N2O6. The number of Topliss-reactive ketones (excluding diaryl/α,β-unsaturated/α-hetero) is 1. The fourth-order valence-corrected chi connectivity index (χ4v) is 5.11. The molecule has 1 N–H and O–H groups in total. The van der Waals surface area contributed by atoms with E-state index in [0.29, 0.717) is 55.4 Å². The smallest absolute Gasteiger partial charge is 0.295 e. The molecule has 2 aromatic carbocycles. The molecule has 0 unspecified atom stereocenters. The van der Waals surface area contributed by atoms with Crippen LogP contribution in [0.1, 0.15) is 62.8 Å². The van der Waals surface area contributed by atoms with E-state index in [2.05, 4.69) is 6.92 Å². The lowest BCUT2D eigenvalue weighted by Crippen LogP contribution is -2.35. The Morgan fingerprint density at radius 1 is 1.08 bits per heavy atom. The molecule has 0 bridgehead atoms. The third-order valence-corrected chi connectivity index (χ3v) is 7.09. The first-order valence-electron chi connectivity index (χ1n) is 13.9. The molecule has 0 aliphatic carbocycles. The Labute approximate surface area is 231 Å². The predicted octanol–water partition coefficient (Wildman–Crippen LogP) is 4.96. The number of hydrogen-bond acceptors (Lipinski definition) is 7. The van der Waals surface area contributed by atoms with Crippen molar-refractivity contribution in [1.82, 2.24) is 9.80 Å². The number of aliphatic hydroxyl groups excluding tert-OH is 1. The van der Waals surface area contributed by atoms with E-state index < -0.39 is 17.7 Å². The van der Waals surface area contributed by atoms with Crippen LogP contribution in [0.3, 0.4) is 0 Å². The highest BCUT2D eigenvalue weighted by molar-refractivity contribution is 6.46. The van der Waals surface area contributed by atoms with Gasteiger partial charge >= 0.3 is 0 Å². The Kier molecular flexibility index (Phi) is 9.17. The molecule has 1 amide bonds. The summed E-state index contributed by atoms with van der Waals surface area (Å²) < 4.78 is 17.7. The standard InChI is InChI=1S/C31H40N2O6/c1-6-8-9-16-38-25-13-10-21(19-26(25)37-7-2)28-27(30(35)31(36)33(28)15-14-32(4)5)29(34)22-11-12-24-23(18-22)17-20(3)39-24/h10-13,18-20,28,34H,6-9,14-17H2,1-5H3/t20-,28-/m1/s1. The van der Waals surface area contributed by atoms with E-state index in [-0.39, 0.29) is 17.4 Å². The molecule has 8 heteroatoms. The fraction of sp³-hybridized carbons (Fsp3) is 0.484. The Hall–Kier alpha value is -3.52. The quantitative estimate of drug-likeness (QED) is 0.178. The van der Waals surface area contributed by atoms with E-state index in [0.717, 1.165) is 30.6 Å². The Morgan fingerprint density at radius 2 is 1.87 bits per heavy atom. The molecule has 2 heterocycles. The van der Waals surface area contributed by atoms with Gasteiger partial charge in [0.1, 0.15) is 17.6 Å². The van der Waals surface area contributed by atoms with Crippen molar-refractivity contribution in [3.8, 4) is 17.2 Å². The van der Waals surface area contributed by atoms with Crippen molar-refractivity contribution in [3.63, 3.8) is 0 Å². The van der Waals surface area contributed by atoms with Crippen molar-refractivity contribution >= 4 is 17.4 Å². The minimum atomic E-state index is -0.762. The van der Waals surface area contributed by atoms with Gasteiger partial charge in [0.25, 0.3) is 11.7 Å². The number of aliphatic hydroxyl groups is 1. The van der Waals surface area contributed by atoms with Crippen LogP contribution >= 0.6 is 0 Å². The average Bonchev–Trinajstić information content (AvgIpc) is 3.40. The number of unbranched alkanes of at least 4 members (excludes halogenated alkanes) is 2. The molecule has 0 saturated carbocycles. The number of hydrogen-bond donors (Lipinski definition) is 1. The zero-order chi connectivity index (χ0) is 28.1. The van der Waals surface area contributed by atoms with Gasteiger partial charge in [-0.1, -0.05) is 25.8 Å². The summed E-state index contributed by atoms with van der Waals surface area (Å²) in [6.07, 6.45) is 3.89. The molecular weight excluding hydrogens is 496 g/mol. The zero-order valence-corrected chi connectivity index (χ0v) is 23.7. The summed E-state index contributed by atoms with van der Waals surface area (Å²) in [5.74, 6) is 0.436. The van der Waals surface area contributed by atoms with Crippen molar-refractivity contribution < 1.29 is 28.9 Å². The highest BCUT2D eigenvalue weighted by Gasteiger charge is 2.46. The van der Waals surface area contributed by atoms with Crippen LogP contribution in [0.2, 0.25) is 0 Å². The summed E-state index contributed by atoms with van der Waals surface area (Å²) in [6, 6.07) is 10.1. The third-order valence-electron chi connectivity index (χ3n) is 7.09. The summed E-state index contributed by atoms with van der Waals surface area (Å²) in [5.41, 5.74) is 2.21. The minimum Gasteiger partial charge on any atom is -0.507 e. The van der Waals surface area contributed by atoms with Gasteiger partial charge in [-0.15, -0.1) is 0 Å². The van der Waals surface area contributed by atoms with E-state index in [9.17, 15) is 14.7 Å². The second-order valence-corrected chi connectivity index (χ2v) is 10.4. The van der Waals surface area contributed by atoms with Gasteiger partial charge in [-0.3, -0.25) is 9.59 Å². The molecule has 2 aliphatic heterocycles. The van der Waals surface area contributed by atoms with Gasteiger partial charge in [-0.25, -0.2) is 0 Å². The summed E-state index contributed by atoms with van der Waals surface area (Å²) >= 11 is 0. The highest BCUT2D eigenvalue weighted by Crippen LogP contribution is 2.42. The highest BCUT2D eigenvalue weighted by atomic mass is 16.5. The summed E-state index contributed by atoms with van der Waals surface area (Å²) in [4.78, 5) is 30.2. The largest absolute Gasteiger partial charge is 0.507 e. The molecule has 210 valence electrons. The molecule has 2 atom stereocenters. The van der Waals surface area contributed by atoms with Crippen LogP contribution in [-0.2, 0) is 16.0 Å². The van der Waals surface area contributed by atoms with Crippen molar-refractivity contribution in [2.75, 3.05) is 40.4 Å². The predicted molar refractivity (Wildman–Crippen MR) is 150 cm³/mol. The van der Waals surface area contributed by atoms with Crippen LogP contribution in [0.25, 0.3) is 5.76 Å². The van der Waals surface area contributed by atoms with Crippen LogP contribution in [-0.4, -0.2) is 73.1 Å².